The van der Waals surface area contributed by atoms with E-state index in [2.05, 4.69) is 10.00 Å². The minimum atomic E-state index is 0.618. The van der Waals surface area contributed by atoms with Gasteiger partial charge >= 0.3 is 0 Å². The zero-order valence-electron chi connectivity index (χ0n) is 9.23. The summed E-state index contributed by atoms with van der Waals surface area (Å²) in [5, 5.41) is 4.17. The Morgan fingerprint density at radius 3 is 2.67 bits per heavy atom. The second kappa shape index (κ2) is 5.16. The molecular weight excluding hydrogens is 188 g/mol. The smallest absolute Gasteiger partial charge is 0.145 e. The molecular formula is C11H20N4. The van der Waals surface area contributed by atoms with Gasteiger partial charge in [0.05, 0.1) is 0 Å². The Labute approximate surface area is 91.1 Å². The zero-order chi connectivity index (χ0) is 10.5. The molecule has 0 radical (unpaired) electrons. The number of rotatable bonds is 4. The maximum Gasteiger partial charge on any atom is 0.145 e. The molecule has 4 nitrogen and oxygen atoms in total. The van der Waals surface area contributed by atoms with Gasteiger partial charge in [-0.25, -0.2) is 0 Å². The Hall–Kier alpha value is -1.03. The van der Waals surface area contributed by atoms with Crippen LogP contribution in [0, 0.1) is 0 Å². The number of piperidine rings is 1. The maximum absolute atomic E-state index is 5.55. The largest absolute Gasteiger partial charge is 0.382 e. The molecule has 1 aromatic rings. The van der Waals surface area contributed by atoms with E-state index < -0.39 is 0 Å². The van der Waals surface area contributed by atoms with Crippen LogP contribution in [0.1, 0.15) is 25.7 Å². The van der Waals surface area contributed by atoms with Crippen molar-refractivity contribution in [1.82, 2.24) is 14.7 Å². The molecule has 0 spiro atoms. The molecule has 0 bridgehead atoms. The molecule has 0 saturated carbocycles. The van der Waals surface area contributed by atoms with Crippen LogP contribution in [-0.4, -0.2) is 34.3 Å². The lowest BCUT2D eigenvalue weighted by molar-refractivity contribution is 0.222. The lowest BCUT2D eigenvalue weighted by Crippen LogP contribution is -2.31. The highest BCUT2D eigenvalue weighted by molar-refractivity contribution is 5.23. The van der Waals surface area contributed by atoms with E-state index in [-0.39, 0.29) is 0 Å². The molecule has 1 aromatic heterocycles. The summed E-state index contributed by atoms with van der Waals surface area (Å²) in [4.78, 5) is 2.55. The molecule has 15 heavy (non-hydrogen) atoms. The van der Waals surface area contributed by atoms with Gasteiger partial charge in [0, 0.05) is 12.7 Å². The number of hydrogen-bond acceptors (Lipinski definition) is 3. The summed E-state index contributed by atoms with van der Waals surface area (Å²) in [7, 11) is 0. The number of likely N-dealkylation sites (tertiary alicyclic amines) is 1. The minimum absolute atomic E-state index is 0.618. The highest BCUT2D eigenvalue weighted by Crippen LogP contribution is 2.09. The van der Waals surface area contributed by atoms with Crippen LogP contribution in [0.2, 0.25) is 0 Å². The fourth-order valence-electron chi connectivity index (χ4n) is 2.14. The predicted octanol–water partition coefficient (Wildman–Crippen LogP) is 1.34. The van der Waals surface area contributed by atoms with Gasteiger partial charge in [0.25, 0.3) is 0 Å². The van der Waals surface area contributed by atoms with Crippen LogP contribution in [0.4, 0.5) is 5.82 Å². The summed E-state index contributed by atoms with van der Waals surface area (Å²) >= 11 is 0. The first kappa shape index (κ1) is 10.5. The maximum atomic E-state index is 5.55. The summed E-state index contributed by atoms with van der Waals surface area (Å²) < 4.78 is 1.93. The van der Waals surface area contributed by atoms with Crippen molar-refractivity contribution in [3.8, 4) is 0 Å². The van der Waals surface area contributed by atoms with Crippen molar-refractivity contribution in [3.05, 3.63) is 12.3 Å². The summed E-state index contributed by atoms with van der Waals surface area (Å²) in [6.07, 6.45) is 7.27. The van der Waals surface area contributed by atoms with Crippen molar-refractivity contribution in [2.75, 3.05) is 25.4 Å². The van der Waals surface area contributed by atoms with E-state index in [1.165, 1.54) is 45.3 Å². The lowest BCUT2D eigenvalue weighted by Gasteiger charge is -2.26. The van der Waals surface area contributed by atoms with Crippen molar-refractivity contribution in [3.63, 3.8) is 0 Å². The quantitative estimate of drug-likeness (QED) is 0.812. The molecule has 1 fully saturated rings. The lowest BCUT2D eigenvalue weighted by atomic mass is 10.1. The highest BCUT2D eigenvalue weighted by Gasteiger charge is 2.08. The normalized spacial score (nSPS) is 18.1. The van der Waals surface area contributed by atoms with Crippen LogP contribution in [-0.2, 0) is 6.54 Å². The molecule has 1 aliphatic rings. The van der Waals surface area contributed by atoms with Gasteiger partial charge in [-0.3, -0.25) is 4.68 Å². The molecule has 2 N–H and O–H groups in total. The second-order valence-electron chi connectivity index (χ2n) is 4.26. The van der Waals surface area contributed by atoms with Gasteiger partial charge in [-0.1, -0.05) is 6.42 Å². The van der Waals surface area contributed by atoms with E-state index in [0.717, 1.165) is 6.54 Å². The molecule has 0 unspecified atom stereocenters. The van der Waals surface area contributed by atoms with Crippen molar-refractivity contribution < 1.29 is 0 Å². The Morgan fingerprint density at radius 1 is 1.20 bits per heavy atom. The van der Waals surface area contributed by atoms with Gasteiger partial charge in [-0.05, 0) is 45.0 Å². The van der Waals surface area contributed by atoms with Gasteiger partial charge in [0.1, 0.15) is 5.82 Å². The molecule has 1 saturated heterocycles. The third kappa shape index (κ3) is 3.23. The number of nitrogens with zero attached hydrogens (tertiary/aromatic N) is 3. The van der Waals surface area contributed by atoms with Crippen LogP contribution in [0.5, 0.6) is 0 Å². The fourth-order valence-corrected chi connectivity index (χ4v) is 2.14. The first-order valence-corrected chi connectivity index (χ1v) is 5.86. The molecule has 84 valence electrons. The van der Waals surface area contributed by atoms with Gasteiger partial charge in [0.15, 0.2) is 0 Å². The van der Waals surface area contributed by atoms with Gasteiger partial charge < -0.3 is 10.6 Å². The number of aromatic nitrogens is 2. The van der Waals surface area contributed by atoms with Crippen LogP contribution in [0.3, 0.4) is 0 Å². The molecule has 2 heterocycles. The first-order chi connectivity index (χ1) is 7.34. The van der Waals surface area contributed by atoms with Crippen LogP contribution >= 0.6 is 0 Å². The Morgan fingerprint density at radius 2 is 2.00 bits per heavy atom. The SMILES string of the molecule is Nc1ccn(CCCN2CCCCC2)n1. The van der Waals surface area contributed by atoms with Crippen LogP contribution in [0.25, 0.3) is 0 Å². The van der Waals surface area contributed by atoms with E-state index >= 15 is 0 Å². The number of anilines is 1. The molecule has 0 aliphatic carbocycles. The van der Waals surface area contributed by atoms with Crippen molar-refractivity contribution in [1.29, 1.82) is 0 Å². The van der Waals surface area contributed by atoms with Crippen LogP contribution in [0.15, 0.2) is 12.3 Å². The fraction of sp³-hybridized carbons (Fsp3) is 0.727. The standard InChI is InChI=1S/C11H20N4/c12-11-5-10-15(13-11)9-4-8-14-6-2-1-3-7-14/h5,10H,1-4,6-9H2,(H2,12,13). The Bertz CT molecular complexity index is 289. The third-order valence-corrected chi connectivity index (χ3v) is 2.97. The van der Waals surface area contributed by atoms with Gasteiger partial charge in [0.2, 0.25) is 0 Å². The topological polar surface area (TPSA) is 47.1 Å². The van der Waals surface area contributed by atoms with E-state index in [0.29, 0.717) is 5.82 Å². The van der Waals surface area contributed by atoms with Crippen molar-refractivity contribution in [2.24, 2.45) is 0 Å². The first-order valence-electron chi connectivity index (χ1n) is 5.86. The van der Waals surface area contributed by atoms with E-state index in [4.69, 9.17) is 5.73 Å². The van der Waals surface area contributed by atoms with Crippen LogP contribution < -0.4 is 5.73 Å². The second-order valence-corrected chi connectivity index (χ2v) is 4.26. The molecule has 2 rings (SSSR count). The Balaban J connectivity index is 1.65. The number of nitrogen functional groups attached to an aromatic ring is 1. The summed E-state index contributed by atoms with van der Waals surface area (Å²) in [5.41, 5.74) is 5.55. The average Bonchev–Trinajstić information content (AvgIpc) is 2.66. The average molecular weight is 208 g/mol. The summed E-state index contributed by atoms with van der Waals surface area (Å²) in [6, 6.07) is 1.85. The molecule has 0 amide bonds. The third-order valence-electron chi connectivity index (χ3n) is 2.97. The number of aryl methyl sites for hydroxylation is 1. The zero-order valence-corrected chi connectivity index (χ0v) is 9.23. The van der Waals surface area contributed by atoms with Crippen molar-refractivity contribution >= 4 is 5.82 Å². The monoisotopic (exact) mass is 208 g/mol. The minimum Gasteiger partial charge on any atom is -0.382 e. The molecule has 1 aliphatic heterocycles. The number of hydrogen-bond donors (Lipinski definition) is 1. The van der Waals surface area contributed by atoms with Crippen molar-refractivity contribution in [2.45, 2.75) is 32.2 Å². The molecule has 4 heteroatoms. The molecule has 0 aromatic carbocycles. The van der Waals surface area contributed by atoms with E-state index in [9.17, 15) is 0 Å². The Kier molecular flexibility index (Phi) is 3.61. The van der Waals surface area contributed by atoms with Gasteiger partial charge in [-0.2, -0.15) is 5.10 Å². The molecule has 0 atom stereocenters. The summed E-state index contributed by atoms with van der Waals surface area (Å²) in [6.45, 7) is 4.73. The number of nitrogens with two attached hydrogens (primary N) is 1. The van der Waals surface area contributed by atoms with E-state index in [1.807, 2.05) is 16.9 Å². The van der Waals surface area contributed by atoms with E-state index in [1.54, 1.807) is 0 Å². The predicted molar refractivity (Wildman–Crippen MR) is 61.5 cm³/mol. The summed E-state index contributed by atoms with van der Waals surface area (Å²) in [5.74, 6) is 0.618. The highest BCUT2D eigenvalue weighted by atomic mass is 15.3. The van der Waals surface area contributed by atoms with Gasteiger partial charge in [-0.15, -0.1) is 0 Å².